The molecule has 1 aliphatic rings. The van der Waals surface area contributed by atoms with Crippen molar-refractivity contribution in [3.05, 3.63) is 94.1 Å². The number of carbonyl (C=O) groups is 1. The lowest BCUT2D eigenvalue weighted by Gasteiger charge is -2.33. The number of benzene rings is 2. The zero-order valence-electron chi connectivity index (χ0n) is 19.7. The number of hydrogen-bond acceptors (Lipinski definition) is 4. The Kier molecular flexibility index (Phi) is 6.03. The van der Waals surface area contributed by atoms with Crippen LogP contribution in [-0.4, -0.2) is 31.9 Å². The molecule has 0 unspecified atom stereocenters. The first-order valence-electron chi connectivity index (χ1n) is 11.4. The molecule has 5 rings (SSSR count). The second kappa shape index (κ2) is 9.15. The fourth-order valence-corrected chi connectivity index (χ4v) is 4.67. The van der Waals surface area contributed by atoms with Crippen molar-refractivity contribution in [3.63, 3.8) is 0 Å². The van der Waals surface area contributed by atoms with Crippen LogP contribution < -0.4 is 5.32 Å². The molecule has 0 saturated heterocycles. The van der Waals surface area contributed by atoms with Gasteiger partial charge in [-0.15, -0.1) is 0 Å². The summed E-state index contributed by atoms with van der Waals surface area (Å²) >= 11 is 6.14. The number of aryl methyl sites for hydroxylation is 2. The van der Waals surface area contributed by atoms with Gasteiger partial charge in [-0.05, 0) is 56.2 Å². The van der Waals surface area contributed by atoms with E-state index in [2.05, 4.69) is 47.3 Å². The van der Waals surface area contributed by atoms with Gasteiger partial charge in [-0.1, -0.05) is 41.4 Å². The maximum Gasteiger partial charge on any atom is 0.271 e. The van der Waals surface area contributed by atoms with Crippen molar-refractivity contribution in [3.8, 4) is 11.3 Å². The van der Waals surface area contributed by atoms with Crippen LogP contribution in [0, 0.1) is 19.7 Å². The molecule has 35 heavy (non-hydrogen) atoms. The second-order valence-electron chi connectivity index (χ2n) is 8.87. The van der Waals surface area contributed by atoms with Gasteiger partial charge in [-0.3, -0.25) is 4.79 Å². The predicted octanol–water partition coefficient (Wildman–Crippen LogP) is 6.32. The minimum absolute atomic E-state index is 0.000317. The minimum atomic E-state index is -0.416. The monoisotopic (exact) mass is 489 g/mol. The topological polar surface area (TPSA) is 63.1 Å². The average Bonchev–Trinajstić information content (AvgIpc) is 3.27. The number of halogens is 2. The molecule has 1 atom stereocenters. The first-order chi connectivity index (χ1) is 16.8. The lowest BCUT2D eigenvalue weighted by molar-refractivity contribution is 0.0632. The van der Waals surface area contributed by atoms with Crippen molar-refractivity contribution in [2.24, 2.45) is 0 Å². The van der Waals surface area contributed by atoms with Gasteiger partial charge >= 0.3 is 0 Å². The van der Waals surface area contributed by atoms with Crippen LogP contribution in [0.5, 0.6) is 0 Å². The molecule has 1 aliphatic heterocycles. The Balaban J connectivity index is 1.43. The van der Waals surface area contributed by atoms with Crippen LogP contribution in [0.3, 0.4) is 0 Å². The van der Waals surface area contributed by atoms with Gasteiger partial charge in [0, 0.05) is 31.0 Å². The molecule has 0 aliphatic carbocycles. The van der Waals surface area contributed by atoms with E-state index in [1.807, 2.05) is 34.7 Å². The highest BCUT2D eigenvalue weighted by atomic mass is 35.5. The fourth-order valence-electron chi connectivity index (χ4n) is 4.45. The molecule has 3 heterocycles. The Bertz CT molecular complexity index is 1430. The number of nitrogens with zero attached hydrogens (tertiary/aromatic N) is 4. The van der Waals surface area contributed by atoms with Crippen molar-refractivity contribution in [2.45, 2.75) is 33.4 Å². The molecule has 6 nitrogen and oxygen atoms in total. The molecular formula is C27H25ClFN5O. The lowest BCUT2D eigenvalue weighted by Crippen LogP contribution is -2.41. The highest BCUT2D eigenvalue weighted by Crippen LogP contribution is 2.31. The van der Waals surface area contributed by atoms with Gasteiger partial charge in [0.05, 0.1) is 22.4 Å². The molecule has 0 fully saturated rings. The number of aromatic nitrogens is 3. The third kappa shape index (κ3) is 4.51. The molecule has 1 N–H and O–H groups in total. The largest absolute Gasteiger partial charge is 0.341 e. The molecule has 8 heteroatoms. The molecule has 2 aromatic carbocycles. The molecule has 0 bridgehead atoms. The molecule has 4 aromatic rings. The van der Waals surface area contributed by atoms with Crippen molar-refractivity contribution in [1.29, 1.82) is 0 Å². The number of carbonyl (C=O) groups excluding carboxylic acids is 1. The summed E-state index contributed by atoms with van der Waals surface area (Å²) in [5, 5.41) is 3.29. The Hall–Kier alpha value is -3.71. The highest BCUT2D eigenvalue weighted by Gasteiger charge is 2.30. The van der Waals surface area contributed by atoms with E-state index < -0.39 is 5.82 Å². The standard InChI is InChI=1S/C27H25ClFN5O/c1-16-5-4-6-19(11-16)18(3)34-10-9-33-15-20(12-24(33)26(34)35)25-17(2)14-30-27(32-25)31-23-8-7-21(29)13-22(23)28/h4-8,11-15,18H,9-10H2,1-3H3,(H,30,31,32)/t18-/m1/s1. The molecule has 0 radical (unpaired) electrons. The van der Waals surface area contributed by atoms with E-state index in [1.54, 1.807) is 12.3 Å². The van der Waals surface area contributed by atoms with E-state index >= 15 is 0 Å². The summed E-state index contributed by atoms with van der Waals surface area (Å²) in [4.78, 5) is 24.4. The first kappa shape index (κ1) is 23.1. The lowest BCUT2D eigenvalue weighted by atomic mass is 10.0. The van der Waals surface area contributed by atoms with E-state index in [4.69, 9.17) is 11.6 Å². The summed E-state index contributed by atoms with van der Waals surface area (Å²) in [6.07, 6.45) is 3.68. The van der Waals surface area contributed by atoms with Crippen molar-refractivity contribution in [1.82, 2.24) is 19.4 Å². The van der Waals surface area contributed by atoms with Crippen molar-refractivity contribution < 1.29 is 9.18 Å². The van der Waals surface area contributed by atoms with Crippen LogP contribution in [0.15, 0.2) is 60.9 Å². The maximum atomic E-state index is 13.4. The van der Waals surface area contributed by atoms with Gasteiger partial charge in [0.1, 0.15) is 11.5 Å². The van der Waals surface area contributed by atoms with Crippen LogP contribution in [0.4, 0.5) is 16.0 Å². The van der Waals surface area contributed by atoms with Crippen LogP contribution in [0.25, 0.3) is 11.3 Å². The van der Waals surface area contributed by atoms with Gasteiger partial charge in [0.25, 0.3) is 5.91 Å². The third-order valence-electron chi connectivity index (χ3n) is 6.37. The van der Waals surface area contributed by atoms with Gasteiger partial charge in [0.15, 0.2) is 0 Å². The normalized spacial score (nSPS) is 14.1. The van der Waals surface area contributed by atoms with Crippen LogP contribution >= 0.6 is 11.6 Å². The molecule has 2 aromatic heterocycles. The molecule has 178 valence electrons. The smallest absolute Gasteiger partial charge is 0.271 e. The van der Waals surface area contributed by atoms with E-state index in [-0.39, 0.29) is 17.0 Å². The first-order valence-corrected chi connectivity index (χ1v) is 11.8. The number of amides is 1. The summed E-state index contributed by atoms with van der Waals surface area (Å²) in [6, 6.07) is 14.2. The molecule has 0 spiro atoms. The number of rotatable bonds is 5. The minimum Gasteiger partial charge on any atom is -0.341 e. The van der Waals surface area contributed by atoms with Gasteiger partial charge in [-0.2, -0.15) is 0 Å². The van der Waals surface area contributed by atoms with Crippen molar-refractivity contribution >= 4 is 29.1 Å². The third-order valence-corrected chi connectivity index (χ3v) is 6.69. The van der Waals surface area contributed by atoms with E-state index in [1.165, 1.54) is 17.7 Å². The van der Waals surface area contributed by atoms with E-state index in [9.17, 15) is 9.18 Å². The Morgan fingerprint density at radius 2 is 1.94 bits per heavy atom. The maximum absolute atomic E-state index is 13.4. The van der Waals surface area contributed by atoms with Gasteiger partial charge < -0.3 is 14.8 Å². The molecule has 1 amide bonds. The Morgan fingerprint density at radius 1 is 1.11 bits per heavy atom. The van der Waals surface area contributed by atoms with Crippen LogP contribution in [-0.2, 0) is 6.54 Å². The second-order valence-corrected chi connectivity index (χ2v) is 9.28. The number of hydrogen-bond donors (Lipinski definition) is 1. The Morgan fingerprint density at radius 3 is 2.71 bits per heavy atom. The summed E-state index contributed by atoms with van der Waals surface area (Å²) < 4.78 is 15.4. The quantitative estimate of drug-likeness (QED) is 0.356. The molecule has 0 saturated carbocycles. The zero-order valence-corrected chi connectivity index (χ0v) is 20.5. The summed E-state index contributed by atoms with van der Waals surface area (Å²) in [5.41, 5.74) is 5.88. The van der Waals surface area contributed by atoms with Crippen LogP contribution in [0.2, 0.25) is 5.02 Å². The SMILES string of the molecule is Cc1cccc([C@@H](C)N2CCn3cc(-c4nc(Nc5ccc(F)cc5Cl)ncc4C)cc3C2=O)c1. The van der Waals surface area contributed by atoms with Crippen LogP contribution in [0.1, 0.15) is 40.1 Å². The summed E-state index contributed by atoms with van der Waals surface area (Å²) in [6.45, 7) is 7.39. The number of anilines is 2. The predicted molar refractivity (Wildman–Crippen MR) is 136 cm³/mol. The number of nitrogens with one attached hydrogen (secondary N) is 1. The highest BCUT2D eigenvalue weighted by molar-refractivity contribution is 6.33. The van der Waals surface area contributed by atoms with Gasteiger partial charge in [-0.25, -0.2) is 14.4 Å². The average molecular weight is 490 g/mol. The zero-order chi connectivity index (χ0) is 24.7. The summed E-state index contributed by atoms with van der Waals surface area (Å²) in [5.74, 6) is -0.0788. The van der Waals surface area contributed by atoms with Gasteiger partial charge in [0.2, 0.25) is 5.95 Å². The Labute approximate surface area is 208 Å². The van der Waals surface area contributed by atoms with E-state index in [0.29, 0.717) is 36.1 Å². The summed E-state index contributed by atoms with van der Waals surface area (Å²) in [7, 11) is 0. The van der Waals surface area contributed by atoms with E-state index in [0.717, 1.165) is 16.7 Å². The number of fused-ring (bicyclic) bond motifs is 1. The fraction of sp³-hybridized carbons (Fsp3) is 0.222. The van der Waals surface area contributed by atoms with Crippen molar-refractivity contribution in [2.75, 3.05) is 11.9 Å². The molecular weight excluding hydrogens is 465 g/mol.